The minimum atomic E-state index is 0.324. The number of allylic oxidation sites excluding steroid dienone is 1. The van der Waals surface area contributed by atoms with Crippen LogP contribution in [0.5, 0.6) is 0 Å². The van der Waals surface area contributed by atoms with Gasteiger partial charge < -0.3 is 16.9 Å². The van der Waals surface area contributed by atoms with Gasteiger partial charge in [0.25, 0.3) is 0 Å². The first-order chi connectivity index (χ1) is 13.5. The van der Waals surface area contributed by atoms with E-state index in [1.54, 1.807) is 30.5 Å². The summed E-state index contributed by atoms with van der Waals surface area (Å²) >= 11 is 7.68. The molecule has 0 unspecified atom stereocenters. The number of nitrogen functional groups attached to an aromatic ring is 1. The maximum Gasteiger partial charge on any atom is 0.173 e. The lowest BCUT2D eigenvalue weighted by atomic mass is 9.97. The SMILES string of the molecule is C/C(Cl)=C\CN(N)/C(=N\N)c1cc(-c2ccc(C3CCNCC3)s2)cnc1N. The summed E-state index contributed by atoms with van der Waals surface area (Å²) in [6.45, 7) is 4.28. The van der Waals surface area contributed by atoms with Crippen LogP contribution >= 0.6 is 22.9 Å². The number of nitrogens with one attached hydrogen (secondary N) is 1. The third-order valence-corrected chi connectivity index (χ3v) is 6.23. The van der Waals surface area contributed by atoms with Gasteiger partial charge in [0, 0.05) is 26.5 Å². The molecule has 9 heteroatoms. The van der Waals surface area contributed by atoms with Crippen molar-refractivity contribution in [3.05, 3.63) is 45.9 Å². The van der Waals surface area contributed by atoms with Gasteiger partial charge in [-0.1, -0.05) is 11.6 Å². The Morgan fingerprint density at radius 3 is 2.86 bits per heavy atom. The number of halogens is 1. The van der Waals surface area contributed by atoms with Crippen LogP contribution in [0.4, 0.5) is 5.82 Å². The molecular weight excluding hydrogens is 394 g/mol. The van der Waals surface area contributed by atoms with E-state index in [2.05, 4.69) is 27.5 Å². The van der Waals surface area contributed by atoms with Crippen LogP contribution in [0.2, 0.25) is 0 Å². The zero-order chi connectivity index (χ0) is 20.1. The van der Waals surface area contributed by atoms with Gasteiger partial charge in [-0.2, -0.15) is 5.10 Å². The van der Waals surface area contributed by atoms with Crippen molar-refractivity contribution in [1.82, 2.24) is 15.3 Å². The maximum atomic E-state index is 6.10. The van der Waals surface area contributed by atoms with E-state index in [0.717, 1.165) is 23.5 Å². The molecule has 7 nitrogen and oxygen atoms in total. The van der Waals surface area contributed by atoms with Gasteiger partial charge in [0.1, 0.15) is 5.82 Å². The fraction of sp³-hybridized carbons (Fsp3) is 0.368. The third-order valence-electron chi connectivity index (χ3n) is 4.78. The molecule has 0 radical (unpaired) electrons. The van der Waals surface area contributed by atoms with Crippen LogP contribution in [-0.2, 0) is 0 Å². The molecule has 2 aromatic heterocycles. The van der Waals surface area contributed by atoms with Gasteiger partial charge in [-0.05, 0) is 63.0 Å². The highest BCUT2D eigenvalue weighted by Crippen LogP contribution is 2.36. The number of nitrogens with zero attached hydrogens (tertiary/aromatic N) is 3. The van der Waals surface area contributed by atoms with E-state index in [0.29, 0.717) is 34.7 Å². The first kappa shape index (κ1) is 20.6. The Labute approximate surface area is 174 Å². The Bertz CT molecular complexity index is 867. The number of piperidine rings is 1. The van der Waals surface area contributed by atoms with E-state index >= 15 is 0 Å². The minimum absolute atomic E-state index is 0.324. The predicted molar refractivity (Wildman–Crippen MR) is 118 cm³/mol. The van der Waals surface area contributed by atoms with Crippen LogP contribution in [-0.4, -0.2) is 35.5 Å². The highest BCUT2D eigenvalue weighted by Gasteiger charge is 2.19. The number of anilines is 1. The smallest absolute Gasteiger partial charge is 0.173 e. The Morgan fingerprint density at radius 2 is 2.18 bits per heavy atom. The zero-order valence-corrected chi connectivity index (χ0v) is 17.4. The van der Waals surface area contributed by atoms with Crippen molar-refractivity contribution in [3.63, 3.8) is 0 Å². The lowest BCUT2D eigenvalue weighted by Crippen LogP contribution is -2.39. The summed E-state index contributed by atoms with van der Waals surface area (Å²) < 4.78 is 0. The number of nitrogens with two attached hydrogens (primary N) is 3. The van der Waals surface area contributed by atoms with Crippen LogP contribution in [0.3, 0.4) is 0 Å². The average Bonchev–Trinajstić information content (AvgIpc) is 3.19. The van der Waals surface area contributed by atoms with E-state index in [4.69, 9.17) is 29.0 Å². The second-order valence-electron chi connectivity index (χ2n) is 6.78. The fourth-order valence-electron chi connectivity index (χ4n) is 3.23. The van der Waals surface area contributed by atoms with Crippen LogP contribution in [0.25, 0.3) is 10.4 Å². The van der Waals surface area contributed by atoms with Crippen LogP contribution in [0.15, 0.2) is 40.6 Å². The summed E-state index contributed by atoms with van der Waals surface area (Å²) in [5.41, 5.74) is 7.65. The molecule has 3 rings (SSSR count). The normalized spacial score (nSPS) is 16.4. The van der Waals surface area contributed by atoms with Gasteiger partial charge in [-0.3, -0.25) is 5.01 Å². The number of thiophene rings is 1. The number of amidine groups is 1. The number of hydrazine groups is 1. The summed E-state index contributed by atoms with van der Waals surface area (Å²) in [7, 11) is 0. The van der Waals surface area contributed by atoms with E-state index in [9.17, 15) is 0 Å². The Kier molecular flexibility index (Phi) is 6.90. The van der Waals surface area contributed by atoms with Crippen LogP contribution in [0.1, 0.15) is 36.1 Å². The number of rotatable bonds is 5. The van der Waals surface area contributed by atoms with Gasteiger partial charge in [-0.25, -0.2) is 10.8 Å². The Morgan fingerprint density at radius 1 is 1.43 bits per heavy atom. The molecule has 3 heterocycles. The number of hydrazone groups is 1. The first-order valence-electron chi connectivity index (χ1n) is 9.18. The molecule has 2 aromatic rings. The molecule has 7 N–H and O–H groups in total. The summed E-state index contributed by atoms with van der Waals surface area (Å²) in [5, 5.41) is 9.28. The lowest BCUT2D eigenvalue weighted by Gasteiger charge is -2.21. The second kappa shape index (κ2) is 9.38. The van der Waals surface area contributed by atoms with Crippen molar-refractivity contribution in [2.75, 3.05) is 25.4 Å². The Hall–Kier alpha value is -2.13. The molecule has 1 aliphatic rings. The quantitative estimate of drug-likeness (QED) is 0.256. The molecule has 0 spiro atoms. The highest BCUT2D eigenvalue weighted by atomic mass is 35.5. The van der Waals surface area contributed by atoms with Crippen LogP contribution in [0, 0.1) is 0 Å². The number of pyridine rings is 1. The van der Waals surface area contributed by atoms with Crippen molar-refractivity contribution in [3.8, 4) is 10.4 Å². The highest BCUT2D eigenvalue weighted by molar-refractivity contribution is 7.15. The molecule has 28 heavy (non-hydrogen) atoms. The Balaban J connectivity index is 1.87. The number of hydrogen-bond donors (Lipinski definition) is 4. The topological polar surface area (TPSA) is 119 Å². The van der Waals surface area contributed by atoms with Crippen molar-refractivity contribution in [2.45, 2.75) is 25.7 Å². The minimum Gasteiger partial charge on any atom is -0.383 e. The molecule has 0 aliphatic carbocycles. The first-order valence-corrected chi connectivity index (χ1v) is 10.4. The predicted octanol–water partition coefficient (Wildman–Crippen LogP) is 2.80. The van der Waals surface area contributed by atoms with Gasteiger partial charge >= 0.3 is 0 Å². The maximum absolute atomic E-state index is 6.10. The van der Waals surface area contributed by atoms with Gasteiger partial charge in [0.05, 0.1) is 12.1 Å². The lowest BCUT2D eigenvalue weighted by molar-refractivity contribution is 0.465. The van der Waals surface area contributed by atoms with E-state index in [-0.39, 0.29) is 0 Å². The molecule has 1 saturated heterocycles. The van der Waals surface area contributed by atoms with Crippen molar-refractivity contribution < 1.29 is 0 Å². The third kappa shape index (κ3) is 4.82. The largest absolute Gasteiger partial charge is 0.383 e. The zero-order valence-electron chi connectivity index (χ0n) is 15.9. The molecular formula is C19H26ClN7S. The number of aromatic nitrogens is 1. The van der Waals surface area contributed by atoms with Crippen molar-refractivity contribution in [2.24, 2.45) is 16.8 Å². The number of hydrogen-bond acceptors (Lipinski definition) is 7. The summed E-state index contributed by atoms with van der Waals surface area (Å²) in [6, 6.07) is 6.29. The van der Waals surface area contributed by atoms with E-state index in [1.165, 1.54) is 22.7 Å². The monoisotopic (exact) mass is 419 g/mol. The summed E-state index contributed by atoms with van der Waals surface area (Å²) in [5.74, 6) is 13.0. The molecule has 1 aliphatic heterocycles. The van der Waals surface area contributed by atoms with E-state index < -0.39 is 0 Å². The van der Waals surface area contributed by atoms with Crippen LogP contribution < -0.4 is 22.7 Å². The standard InChI is InChI=1S/C19H26ClN7S/c1-12(20)6-9-27(23)19(26-22)15-10-14(11-25-18(15)21)17-3-2-16(28-17)13-4-7-24-8-5-13/h2-3,6,10-11,13,24H,4-5,7-9,22-23H2,1H3,(H2,21,25)/b12-6+,26-19-. The second-order valence-corrected chi connectivity index (χ2v) is 8.49. The summed E-state index contributed by atoms with van der Waals surface area (Å²) in [6.07, 6.45) is 5.88. The molecule has 150 valence electrons. The van der Waals surface area contributed by atoms with E-state index in [1.807, 2.05) is 6.07 Å². The average molecular weight is 420 g/mol. The molecule has 0 bridgehead atoms. The molecule has 0 atom stereocenters. The van der Waals surface area contributed by atoms with Gasteiger partial charge in [0.2, 0.25) is 0 Å². The van der Waals surface area contributed by atoms with Crippen molar-refractivity contribution >= 4 is 34.6 Å². The molecule has 1 fully saturated rings. The molecule has 0 aromatic carbocycles. The summed E-state index contributed by atoms with van der Waals surface area (Å²) in [4.78, 5) is 6.88. The van der Waals surface area contributed by atoms with Gasteiger partial charge in [-0.15, -0.1) is 11.3 Å². The molecule has 0 amide bonds. The molecule has 0 saturated carbocycles. The van der Waals surface area contributed by atoms with Crippen molar-refractivity contribution in [1.29, 1.82) is 0 Å². The van der Waals surface area contributed by atoms with Gasteiger partial charge in [0.15, 0.2) is 5.84 Å². The fourth-order valence-corrected chi connectivity index (χ4v) is 4.46.